The molecule has 120 valence electrons. The molecule has 0 bridgehead atoms. The van der Waals surface area contributed by atoms with E-state index in [9.17, 15) is 4.79 Å². The summed E-state index contributed by atoms with van der Waals surface area (Å²) >= 11 is 1.29. The largest absolute Gasteiger partial charge is 0.495 e. The lowest BCUT2D eigenvalue weighted by molar-refractivity contribution is 0.00578. The summed E-state index contributed by atoms with van der Waals surface area (Å²) < 4.78 is 17.7. The number of carbonyl (C=O) groups is 1. The third-order valence-corrected chi connectivity index (χ3v) is 4.80. The smallest absolute Gasteiger partial charge is 0.430 e. The fourth-order valence-electron chi connectivity index (χ4n) is 2.21. The lowest BCUT2D eigenvalue weighted by Crippen LogP contribution is -2.41. The van der Waals surface area contributed by atoms with Crippen LogP contribution in [0.25, 0.3) is 0 Å². The number of nitrogens with zero attached hydrogens (tertiary/aromatic N) is 2. The van der Waals surface area contributed by atoms with Crippen LogP contribution < -0.4 is 10.2 Å². The van der Waals surface area contributed by atoms with Crippen molar-refractivity contribution in [3.63, 3.8) is 0 Å². The standard InChI is InChI=1S/C15H17BN2O4S/c1-14(2)15(3,4)22-16(21-14)12-7-11(6-5-10(12)8-19)20-13-18-17-9-23-13/h5-9H,1-4H3. The second-order valence-corrected chi connectivity index (χ2v) is 7.10. The van der Waals surface area contributed by atoms with E-state index in [4.69, 9.17) is 14.0 Å². The van der Waals surface area contributed by atoms with Crippen molar-refractivity contribution in [2.45, 2.75) is 38.9 Å². The van der Waals surface area contributed by atoms with Crippen LogP contribution in [0.5, 0.6) is 10.9 Å². The zero-order valence-electron chi connectivity index (χ0n) is 13.4. The van der Waals surface area contributed by atoms with Crippen LogP contribution in [0.2, 0.25) is 0 Å². The average Bonchev–Trinajstić information content (AvgIpc) is 3.05. The van der Waals surface area contributed by atoms with Gasteiger partial charge < -0.3 is 14.0 Å². The van der Waals surface area contributed by atoms with E-state index in [-0.39, 0.29) is 0 Å². The molecular formula is C15H17BN2O4S. The third-order valence-electron chi connectivity index (χ3n) is 4.24. The molecule has 3 rings (SSSR count). The first-order valence-electron chi connectivity index (χ1n) is 7.21. The molecule has 2 heterocycles. The van der Waals surface area contributed by atoms with Gasteiger partial charge in [0.2, 0.25) is 0 Å². The maximum atomic E-state index is 11.4. The number of benzene rings is 1. The van der Waals surface area contributed by atoms with Gasteiger partial charge in [-0.2, -0.15) is 0 Å². The summed E-state index contributed by atoms with van der Waals surface area (Å²) in [6, 6.07) is 5.14. The van der Waals surface area contributed by atoms with Crippen LogP contribution in [0.4, 0.5) is 0 Å². The molecule has 0 atom stereocenters. The molecule has 0 unspecified atom stereocenters. The van der Waals surface area contributed by atoms with Gasteiger partial charge in [-0.1, -0.05) is 16.4 Å². The highest BCUT2D eigenvalue weighted by atomic mass is 32.1. The molecule has 23 heavy (non-hydrogen) atoms. The van der Waals surface area contributed by atoms with Gasteiger partial charge >= 0.3 is 7.12 Å². The maximum Gasteiger partial charge on any atom is 0.495 e. The second-order valence-electron chi connectivity index (χ2n) is 6.30. The van der Waals surface area contributed by atoms with E-state index < -0.39 is 18.3 Å². The Hall–Kier alpha value is -1.77. The van der Waals surface area contributed by atoms with Gasteiger partial charge in [-0.25, -0.2) is 0 Å². The fourth-order valence-corrected chi connectivity index (χ4v) is 2.63. The number of ether oxygens (including phenoxy) is 1. The van der Waals surface area contributed by atoms with Gasteiger partial charge in [0.1, 0.15) is 17.5 Å². The molecule has 1 aromatic carbocycles. The van der Waals surface area contributed by atoms with Gasteiger partial charge in [0.25, 0.3) is 5.19 Å². The van der Waals surface area contributed by atoms with Crippen molar-refractivity contribution in [1.29, 1.82) is 0 Å². The van der Waals surface area contributed by atoms with E-state index in [0.29, 0.717) is 22.0 Å². The Morgan fingerprint density at radius 2 is 1.91 bits per heavy atom. The van der Waals surface area contributed by atoms with Crippen LogP contribution in [-0.2, 0) is 9.31 Å². The number of hydrogen-bond acceptors (Lipinski definition) is 7. The highest BCUT2D eigenvalue weighted by Crippen LogP contribution is 2.37. The number of hydrogen-bond donors (Lipinski definition) is 0. The highest BCUT2D eigenvalue weighted by Gasteiger charge is 2.52. The van der Waals surface area contributed by atoms with Crippen LogP contribution in [0.15, 0.2) is 23.7 Å². The van der Waals surface area contributed by atoms with E-state index in [1.54, 1.807) is 23.7 Å². The molecule has 2 aromatic rings. The molecule has 0 saturated carbocycles. The number of aldehydes is 1. The monoisotopic (exact) mass is 332 g/mol. The van der Waals surface area contributed by atoms with Crippen molar-refractivity contribution in [2.24, 2.45) is 0 Å². The van der Waals surface area contributed by atoms with Gasteiger partial charge in [0.15, 0.2) is 0 Å². The Kier molecular flexibility index (Phi) is 3.99. The van der Waals surface area contributed by atoms with Gasteiger partial charge in [0, 0.05) is 5.56 Å². The summed E-state index contributed by atoms with van der Waals surface area (Å²) in [7, 11) is -0.627. The van der Waals surface area contributed by atoms with Crippen molar-refractivity contribution < 1.29 is 18.8 Å². The first-order chi connectivity index (χ1) is 10.8. The minimum Gasteiger partial charge on any atom is -0.430 e. The minimum atomic E-state index is -0.627. The highest BCUT2D eigenvalue weighted by molar-refractivity contribution is 7.11. The van der Waals surface area contributed by atoms with Crippen molar-refractivity contribution >= 4 is 30.2 Å². The summed E-state index contributed by atoms with van der Waals surface area (Å²) in [5.41, 5.74) is 1.78. The molecule has 1 fully saturated rings. The predicted molar refractivity (Wildman–Crippen MR) is 87.5 cm³/mol. The Morgan fingerprint density at radius 3 is 2.48 bits per heavy atom. The van der Waals surface area contributed by atoms with E-state index in [2.05, 4.69) is 10.2 Å². The van der Waals surface area contributed by atoms with Gasteiger partial charge in [0.05, 0.1) is 11.2 Å². The van der Waals surface area contributed by atoms with Gasteiger partial charge in [-0.15, -0.1) is 5.10 Å². The summed E-state index contributed by atoms with van der Waals surface area (Å²) in [5, 5.41) is 8.00. The number of rotatable bonds is 4. The topological polar surface area (TPSA) is 70.5 Å². The van der Waals surface area contributed by atoms with Crippen LogP contribution in [0.3, 0.4) is 0 Å². The minimum absolute atomic E-state index is 0.434. The van der Waals surface area contributed by atoms with Crippen LogP contribution in [-0.4, -0.2) is 34.8 Å². The molecule has 1 aliphatic heterocycles. The third kappa shape index (κ3) is 3.02. The van der Waals surface area contributed by atoms with Crippen LogP contribution in [0, 0.1) is 0 Å². The van der Waals surface area contributed by atoms with Crippen LogP contribution in [0.1, 0.15) is 38.1 Å². The maximum absolute atomic E-state index is 11.4. The van der Waals surface area contributed by atoms with Crippen molar-refractivity contribution in [3.8, 4) is 10.9 Å². The van der Waals surface area contributed by atoms with E-state index in [1.807, 2.05) is 27.7 Å². The molecule has 1 aliphatic rings. The Morgan fingerprint density at radius 1 is 1.22 bits per heavy atom. The molecular weight excluding hydrogens is 315 g/mol. The fraction of sp³-hybridized carbons (Fsp3) is 0.400. The normalized spacial score (nSPS) is 18.9. The van der Waals surface area contributed by atoms with Gasteiger partial charge in [-0.05, 0) is 51.4 Å². The molecule has 0 spiro atoms. The summed E-state index contributed by atoms with van der Waals surface area (Å²) in [4.78, 5) is 11.4. The summed E-state index contributed by atoms with van der Waals surface area (Å²) in [6.45, 7) is 7.87. The average molecular weight is 332 g/mol. The lowest BCUT2D eigenvalue weighted by atomic mass is 9.76. The molecule has 0 aliphatic carbocycles. The van der Waals surface area contributed by atoms with E-state index >= 15 is 0 Å². The first kappa shape index (κ1) is 16.1. The zero-order valence-corrected chi connectivity index (χ0v) is 14.2. The van der Waals surface area contributed by atoms with Crippen molar-refractivity contribution in [1.82, 2.24) is 10.2 Å². The second kappa shape index (κ2) is 5.70. The van der Waals surface area contributed by atoms with Crippen molar-refractivity contribution in [2.75, 3.05) is 0 Å². The van der Waals surface area contributed by atoms with Gasteiger partial charge in [-0.3, -0.25) is 4.79 Å². The Balaban J connectivity index is 1.93. The molecule has 6 nitrogen and oxygen atoms in total. The first-order valence-corrected chi connectivity index (χ1v) is 8.09. The molecule has 0 N–H and O–H groups in total. The molecule has 1 saturated heterocycles. The summed E-state index contributed by atoms with van der Waals surface area (Å²) in [5.74, 6) is 0.553. The molecule has 1 aromatic heterocycles. The molecule has 8 heteroatoms. The van der Waals surface area contributed by atoms with E-state index in [0.717, 1.165) is 6.29 Å². The predicted octanol–water partition coefficient (Wildman–Crippen LogP) is 2.44. The molecule has 0 radical (unpaired) electrons. The number of carbonyl (C=O) groups excluding carboxylic acids is 1. The quantitative estimate of drug-likeness (QED) is 0.633. The lowest BCUT2D eigenvalue weighted by Gasteiger charge is -2.32. The Bertz CT molecular complexity index is 702. The SMILES string of the molecule is CC1(C)OB(c2cc(Oc3nncs3)ccc2C=O)OC1(C)C. The Labute approximate surface area is 138 Å². The number of aromatic nitrogens is 2. The molecule has 0 amide bonds. The zero-order chi connectivity index (χ0) is 16.7. The van der Waals surface area contributed by atoms with E-state index in [1.165, 1.54) is 11.3 Å². The van der Waals surface area contributed by atoms with Crippen molar-refractivity contribution in [3.05, 3.63) is 29.3 Å². The summed E-state index contributed by atoms with van der Waals surface area (Å²) in [6.07, 6.45) is 0.787. The van der Waals surface area contributed by atoms with Crippen LogP contribution >= 0.6 is 11.3 Å².